The fourth-order valence-corrected chi connectivity index (χ4v) is 1.75. The van der Waals surface area contributed by atoms with Crippen molar-refractivity contribution in [3.05, 3.63) is 40.6 Å². The third-order valence-electron chi connectivity index (χ3n) is 2.36. The number of nitrogens with one attached hydrogen (secondary N) is 1. The minimum Gasteiger partial charge on any atom is -0.448 e. The minimum absolute atomic E-state index is 0.425. The quantitative estimate of drug-likeness (QED) is 0.890. The van der Waals surface area contributed by atoms with Gasteiger partial charge in [0.15, 0.2) is 5.22 Å². The van der Waals surface area contributed by atoms with Gasteiger partial charge in [-0.2, -0.15) is 5.10 Å². The fraction of sp³-hybridized carbons (Fsp3) is 0.364. The molecule has 2 rings (SSSR count). The summed E-state index contributed by atoms with van der Waals surface area (Å²) in [6.45, 7) is 3.44. The third-order valence-corrected chi connectivity index (χ3v) is 2.56. The topological polar surface area (TPSA) is 43.0 Å². The molecular formula is C11H14ClN3O. The van der Waals surface area contributed by atoms with Crippen LogP contribution < -0.4 is 5.32 Å². The highest BCUT2D eigenvalue weighted by atomic mass is 35.5. The van der Waals surface area contributed by atoms with Gasteiger partial charge in [0.2, 0.25) is 0 Å². The lowest BCUT2D eigenvalue weighted by Crippen LogP contribution is -2.12. The van der Waals surface area contributed by atoms with Crippen molar-refractivity contribution in [3.63, 3.8) is 0 Å². The molecule has 1 N–H and O–H groups in total. The second-order valence-corrected chi connectivity index (χ2v) is 4.10. The average Bonchev–Trinajstić information content (AvgIpc) is 2.74. The molecule has 5 heteroatoms. The molecule has 0 aliphatic rings. The zero-order valence-electron chi connectivity index (χ0n) is 9.33. The van der Waals surface area contributed by atoms with Crippen LogP contribution >= 0.6 is 11.6 Å². The van der Waals surface area contributed by atoms with Crippen molar-refractivity contribution in [2.45, 2.75) is 20.0 Å². The van der Waals surface area contributed by atoms with Crippen LogP contribution in [0.2, 0.25) is 5.22 Å². The SMILES string of the molecule is Cc1nn(C)cc1CNCc1ccc(Cl)o1. The van der Waals surface area contributed by atoms with Gasteiger partial charge in [0.1, 0.15) is 5.76 Å². The molecule has 2 aromatic rings. The minimum atomic E-state index is 0.425. The van der Waals surface area contributed by atoms with Gasteiger partial charge in [-0.05, 0) is 30.7 Å². The molecule has 0 atom stereocenters. The Labute approximate surface area is 99.2 Å². The van der Waals surface area contributed by atoms with Gasteiger partial charge in [0.25, 0.3) is 0 Å². The maximum Gasteiger partial charge on any atom is 0.193 e. The Bertz CT molecular complexity index is 475. The summed E-state index contributed by atoms with van der Waals surface area (Å²) in [4.78, 5) is 0. The van der Waals surface area contributed by atoms with Crippen LogP contribution in [-0.4, -0.2) is 9.78 Å². The van der Waals surface area contributed by atoms with Crippen molar-refractivity contribution in [3.8, 4) is 0 Å². The van der Waals surface area contributed by atoms with Gasteiger partial charge < -0.3 is 9.73 Å². The monoisotopic (exact) mass is 239 g/mol. The van der Waals surface area contributed by atoms with E-state index in [0.29, 0.717) is 11.8 Å². The van der Waals surface area contributed by atoms with Gasteiger partial charge in [0, 0.05) is 25.4 Å². The summed E-state index contributed by atoms with van der Waals surface area (Å²) in [6, 6.07) is 3.61. The van der Waals surface area contributed by atoms with Crippen molar-refractivity contribution < 1.29 is 4.42 Å². The molecule has 0 spiro atoms. The molecule has 0 radical (unpaired) electrons. The van der Waals surface area contributed by atoms with E-state index < -0.39 is 0 Å². The standard InChI is InChI=1S/C11H14ClN3O/c1-8-9(7-15(2)14-8)5-13-6-10-3-4-11(12)16-10/h3-4,7,13H,5-6H2,1-2H3. The zero-order chi connectivity index (χ0) is 11.5. The Morgan fingerprint density at radius 1 is 1.44 bits per heavy atom. The van der Waals surface area contributed by atoms with Crippen LogP contribution in [-0.2, 0) is 20.1 Å². The van der Waals surface area contributed by atoms with Gasteiger partial charge in [-0.3, -0.25) is 4.68 Å². The van der Waals surface area contributed by atoms with E-state index >= 15 is 0 Å². The molecule has 0 saturated heterocycles. The number of rotatable bonds is 4. The normalized spacial score (nSPS) is 10.9. The maximum absolute atomic E-state index is 5.68. The highest BCUT2D eigenvalue weighted by Crippen LogP contribution is 2.13. The largest absolute Gasteiger partial charge is 0.448 e. The molecule has 4 nitrogen and oxygen atoms in total. The van der Waals surface area contributed by atoms with Crippen LogP contribution in [0.4, 0.5) is 0 Å². The molecular weight excluding hydrogens is 226 g/mol. The number of aryl methyl sites for hydroxylation is 2. The van der Waals surface area contributed by atoms with E-state index in [1.807, 2.05) is 30.9 Å². The molecule has 0 bridgehead atoms. The molecule has 0 saturated carbocycles. The van der Waals surface area contributed by atoms with E-state index in [-0.39, 0.29) is 0 Å². The number of nitrogens with zero attached hydrogens (tertiary/aromatic N) is 2. The lowest BCUT2D eigenvalue weighted by atomic mass is 10.2. The molecule has 0 aromatic carbocycles. The summed E-state index contributed by atoms with van der Waals surface area (Å²) in [5.74, 6) is 0.839. The Hall–Kier alpha value is -1.26. The first-order valence-electron chi connectivity index (χ1n) is 5.09. The predicted molar refractivity (Wildman–Crippen MR) is 62.2 cm³/mol. The summed E-state index contributed by atoms with van der Waals surface area (Å²) in [5.41, 5.74) is 2.24. The number of furan rings is 1. The fourth-order valence-electron chi connectivity index (χ4n) is 1.59. The number of halogens is 1. The van der Waals surface area contributed by atoms with E-state index in [4.69, 9.17) is 16.0 Å². The summed E-state index contributed by atoms with van der Waals surface area (Å²) >= 11 is 5.68. The molecule has 0 unspecified atom stereocenters. The van der Waals surface area contributed by atoms with Gasteiger partial charge in [-0.25, -0.2) is 0 Å². The summed E-state index contributed by atoms with van der Waals surface area (Å²) in [6.07, 6.45) is 2.01. The van der Waals surface area contributed by atoms with Gasteiger partial charge >= 0.3 is 0 Å². The molecule has 0 aliphatic heterocycles. The van der Waals surface area contributed by atoms with Crippen LogP contribution in [0.15, 0.2) is 22.7 Å². The van der Waals surface area contributed by atoms with Crippen molar-refractivity contribution in [1.82, 2.24) is 15.1 Å². The number of hydrogen-bond acceptors (Lipinski definition) is 3. The van der Waals surface area contributed by atoms with Crippen molar-refractivity contribution in [2.75, 3.05) is 0 Å². The van der Waals surface area contributed by atoms with E-state index in [1.165, 1.54) is 5.56 Å². The number of aromatic nitrogens is 2. The van der Waals surface area contributed by atoms with Crippen molar-refractivity contribution >= 4 is 11.6 Å². The highest BCUT2D eigenvalue weighted by Gasteiger charge is 2.03. The molecule has 2 aromatic heterocycles. The van der Waals surface area contributed by atoms with E-state index in [2.05, 4.69) is 10.4 Å². The summed E-state index contributed by atoms with van der Waals surface area (Å²) in [7, 11) is 1.92. The summed E-state index contributed by atoms with van der Waals surface area (Å²) < 4.78 is 7.05. The summed E-state index contributed by atoms with van der Waals surface area (Å²) in [5, 5.41) is 7.98. The van der Waals surface area contributed by atoms with E-state index in [9.17, 15) is 0 Å². The van der Waals surface area contributed by atoms with Crippen molar-refractivity contribution in [2.24, 2.45) is 7.05 Å². The Balaban J connectivity index is 1.86. The van der Waals surface area contributed by atoms with Crippen LogP contribution in [0.3, 0.4) is 0 Å². The van der Waals surface area contributed by atoms with Crippen molar-refractivity contribution in [1.29, 1.82) is 0 Å². The predicted octanol–water partition coefficient (Wildman–Crippen LogP) is 2.26. The Morgan fingerprint density at radius 2 is 2.25 bits per heavy atom. The van der Waals surface area contributed by atoms with E-state index in [1.54, 1.807) is 6.07 Å². The molecule has 16 heavy (non-hydrogen) atoms. The maximum atomic E-state index is 5.68. The van der Waals surface area contributed by atoms with Gasteiger partial charge in [-0.15, -0.1) is 0 Å². The number of hydrogen-bond donors (Lipinski definition) is 1. The smallest absolute Gasteiger partial charge is 0.193 e. The van der Waals surface area contributed by atoms with Gasteiger partial charge in [0.05, 0.1) is 12.2 Å². The first-order chi connectivity index (χ1) is 7.65. The lowest BCUT2D eigenvalue weighted by Gasteiger charge is -2.00. The first-order valence-corrected chi connectivity index (χ1v) is 5.47. The third kappa shape index (κ3) is 2.65. The average molecular weight is 240 g/mol. The highest BCUT2D eigenvalue weighted by molar-refractivity contribution is 6.28. The lowest BCUT2D eigenvalue weighted by molar-refractivity contribution is 0.484. The van der Waals surface area contributed by atoms with Crippen LogP contribution in [0.1, 0.15) is 17.0 Å². The second-order valence-electron chi connectivity index (χ2n) is 3.72. The zero-order valence-corrected chi connectivity index (χ0v) is 10.1. The Kier molecular flexibility index (Phi) is 3.31. The second kappa shape index (κ2) is 4.72. The van der Waals surface area contributed by atoms with Crippen LogP contribution in [0.25, 0.3) is 0 Å². The molecule has 0 fully saturated rings. The first kappa shape index (κ1) is 11.2. The molecule has 0 aliphatic carbocycles. The molecule has 0 amide bonds. The Morgan fingerprint density at radius 3 is 2.81 bits per heavy atom. The van der Waals surface area contributed by atoms with Crippen LogP contribution in [0, 0.1) is 6.92 Å². The van der Waals surface area contributed by atoms with E-state index in [0.717, 1.165) is 18.0 Å². The molecule has 2 heterocycles. The van der Waals surface area contributed by atoms with Gasteiger partial charge in [-0.1, -0.05) is 0 Å². The van der Waals surface area contributed by atoms with Crippen LogP contribution in [0.5, 0.6) is 0 Å². The molecule has 86 valence electrons.